The van der Waals surface area contributed by atoms with Gasteiger partial charge in [-0.25, -0.2) is 0 Å². The number of carbonyl (C=O) groups excluding carboxylic acids is 1. The van der Waals surface area contributed by atoms with Crippen molar-refractivity contribution in [3.63, 3.8) is 0 Å². The van der Waals surface area contributed by atoms with E-state index in [1.165, 1.54) is 0 Å². The van der Waals surface area contributed by atoms with Gasteiger partial charge >= 0.3 is 0 Å². The fourth-order valence-corrected chi connectivity index (χ4v) is 2.08. The van der Waals surface area contributed by atoms with Crippen LogP contribution in [0.3, 0.4) is 0 Å². The SMILES string of the molecule is CNc1ccc(C(=O)N(C)CC(C)(C)C)cc1C. The zero-order valence-corrected chi connectivity index (χ0v) is 12.3. The Balaban J connectivity index is 2.87. The molecule has 1 aromatic rings. The number of nitrogens with one attached hydrogen (secondary N) is 1. The smallest absolute Gasteiger partial charge is 0.253 e. The van der Waals surface area contributed by atoms with E-state index in [0.717, 1.165) is 23.4 Å². The number of benzene rings is 1. The topological polar surface area (TPSA) is 32.3 Å². The summed E-state index contributed by atoms with van der Waals surface area (Å²) in [6.45, 7) is 9.15. The molecule has 3 heteroatoms. The molecule has 0 aromatic heterocycles. The molecule has 1 aromatic carbocycles. The Hall–Kier alpha value is -1.51. The molecule has 1 amide bonds. The van der Waals surface area contributed by atoms with Crippen molar-refractivity contribution in [3.8, 4) is 0 Å². The molecule has 1 rings (SSSR count). The van der Waals surface area contributed by atoms with Crippen molar-refractivity contribution in [2.75, 3.05) is 26.0 Å². The van der Waals surface area contributed by atoms with Crippen LogP contribution in [0.1, 0.15) is 36.7 Å². The highest BCUT2D eigenvalue weighted by atomic mass is 16.2. The van der Waals surface area contributed by atoms with E-state index in [9.17, 15) is 4.79 Å². The Labute approximate surface area is 110 Å². The number of hydrogen-bond donors (Lipinski definition) is 1. The van der Waals surface area contributed by atoms with Gasteiger partial charge in [-0.1, -0.05) is 20.8 Å². The van der Waals surface area contributed by atoms with Crippen LogP contribution in [0.15, 0.2) is 18.2 Å². The summed E-state index contributed by atoms with van der Waals surface area (Å²) >= 11 is 0. The number of amides is 1. The molecule has 0 unspecified atom stereocenters. The quantitative estimate of drug-likeness (QED) is 0.891. The second-order valence-electron chi connectivity index (χ2n) is 6.00. The lowest BCUT2D eigenvalue weighted by atomic mass is 9.96. The van der Waals surface area contributed by atoms with Crippen LogP contribution in [0.2, 0.25) is 0 Å². The maximum Gasteiger partial charge on any atom is 0.253 e. The van der Waals surface area contributed by atoms with Crippen LogP contribution >= 0.6 is 0 Å². The molecule has 3 nitrogen and oxygen atoms in total. The average molecular weight is 248 g/mol. The molecule has 0 atom stereocenters. The van der Waals surface area contributed by atoms with Crippen LogP contribution < -0.4 is 5.32 Å². The van der Waals surface area contributed by atoms with Crippen molar-refractivity contribution in [1.82, 2.24) is 4.90 Å². The molecule has 0 fully saturated rings. The maximum atomic E-state index is 12.3. The predicted molar refractivity (Wildman–Crippen MR) is 77.1 cm³/mol. The molecule has 0 aliphatic rings. The van der Waals surface area contributed by atoms with Crippen LogP contribution in [-0.4, -0.2) is 31.4 Å². The fourth-order valence-electron chi connectivity index (χ4n) is 2.08. The summed E-state index contributed by atoms with van der Waals surface area (Å²) in [5, 5.41) is 3.10. The largest absolute Gasteiger partial charge is 0.388 e. The van der Waals surface area contributed by atoms with Gasteiger partial charge in [-0.05, 0) is 36.1 Å². The van der Waals surface area contributed by atoms with Crippen LogP contribution in [-0.2, 0) is 0 Å². The minimum Gasteiger partial charge on any atom is -0.388 e. The maximum absolute atomic E-state index is 12.3. The van der Waals surface area contributed by atoms with E-state index in [0.29, 0.717) is 0 Å². The van der Waals surface area contributed by atoms with Gasteiger partial charge in [-0.15, -0.1) is 0 Å². The summed E-state index contributed by atoms with van der Waals surface area (Å²) < 4.78 is 0. The standard InChI is InChI=1S/C15H24N2O/c1-11-9-12(7-8-13(11)16-5)14(18)17(6)10-15(2,3)4/h7-9,16H,10H2,1-6H3. The Morgan fingerprint density at radius 2 is 1.94 bits per heavy atom. The van der Waals surface area contributed by atoms with Crippen molar-refractivity contribution in [2.45, 2.75) is 27.7 Å². The number of nitrogens with zero attached hydrogens (tertiary/aromatic N) is 1. The summed E-state index contributed by atoms with van der Waals surface area (Å²) in [4.78, 5) is 14.1. The molecule has 18 heavy (non-hydrogen) atoms. The molecule has 0 bridgehead atoms. The molecule has 0 spiro atoms. The van der Waals surface area contributed by atoms with E-state index in [2.05, 4.69) is 26.1 Å². The van der Waals surface area contributed by atoms with E-state index in [-0.39, 0.29) is 11.3 Å². The van der Waals surface area contributed by atoms with Crippen LogP contribution in [0.25, 0.3) is 0 Å². The van der Waals surface area contributed by atoms with Crippen molar-refractivity contribution >= 4 is 11.6 Å². The first-order valence-corrected chi connectivity index (χ1v) is 6.28. The molecule has 0 radical (unpaired) electrons. The van der Waals surface area contributed by atoms with Gasteiger partial charge in [-0.2, -0.15) is 0 Å². The first-order chi connectivity index (χ1) is 8.24. The Morgan fingerprint density at radius 3 is 2.39 bits per heavy atom. The molecule has 1 N–H and O–H groups in total. The molecule has 0 aliphatic heterocycles. The van der Waals surface area contributed by atoms with Crippen molar-refractivity contribution in [1.29, 1.82) is 0 Å². The zero-order valence-electron chi connectivity index (χ0n) is 12.3. The van der Waals surface area contributed by atoms with E-state index in [1.54, 1.807) is 4.90 Å². The zero-order chi connectivity index (χ0) is 13.9. The Kier molecular flexibility index (Phi) is 4.38. The van der Waals surface area contributed by atoms with E-state index in [4.69, 9.17) is 0 Å². The van der Waals surface area contributed by atoms with Crippen LogP contribution in [0, 0.1) is 12.3 Å². The number of anilines is 1. The summed E-state index contributed by atoms with van der Waals surface area (Å²) in [6.07, 6.45) is 0. The predicted octanol–water partition coefficient (Wildman–Crippen LogP) is 3.15. The van der Waals surface area contributed by atoms with Gasteiger partial charge in [0.05, 0.1) is 0 Å². The second-order valence-corrected chi connectivity index (χ2v) is 6.00. The lowest BCUT2D eigenvalue weighted by Crippen LogP contribution is -2.34. The fraction of sp³-hybridized carbons (Fsp3) is 0.533. The highest BCUT2D eigenvalue weighted by Crippen LogP contribution is 2.19. The van der Waals surface area contributed by atoms with Crippen molar-refractivity contribution < 1.29 is 4.79 Å². The molecular weight excluding hydrogens is 224 g/mol. The molecular formula is C15H24N2O. The van der Waals surface area contributed by atoms with Gasteiger partial charge in [0.2, 0.25) is 0 Å². The van der Waals surface area contributed by atoms with Crippen molar-refractivity contribution in [3.05, 3.63) is 29.3 Å². The third kappa shape index (κ3) is 3.76. The Bertz CT molecular complexity index is 433. The van der Waals surface area contributed by atoms with Gasteiger partial charge in [0.1, 0.15) is 0 Å². The molecule has 0 saturated heterocycles. The minimum absolute atomic E-state index is 0.0793. The first-order valence-electron chi connectivity index (χ1n) is 6.28. The van der Waals surface area contributed by atoms with Gasteiger partial charge in [0, 0.05) is 31.9 Å². The number of aryl methyl sites for hydroxylation is 1. The molecule has 0 heterocycles. The lowest BCUT2D eigenvalue weighted by Gasteiger charge is -2.26. The third-order valence-corrected chi connectivity index (χ3v) is 2.80. The average Bonchev–Trinajstić information content (AvgIpc) is 2.25. The second kappa shape index (κ2) is 5.42. The van der Waals surface area contributed by atoms with Crippen LogP contribution in [0.4, 0.5) is 5.69 Å². The van der Waals surface area contributed by atoms with E-state index < -0.39 is 0 Å². The number of rotatable bonds is 3. The molecule has 0 aliphatic carbocycles. The first kappa shape index (κ1) is 14.6. The van der Waals surface area contributed by atoms with Gasteiger partial charge in [-0.3, -0.25) is 4.79 Å². The summed E-state index contributed by atoms with van der Waals surface area (Å²) in [5.74, 6) is 0.0793. The van der Waals surface area contributed by atoms with Gasteiger partial charge in [0.15, 0.2) is 0 Å². The third-order valence-electron chi connectivity index (χ3n) is 2.80. The number of carbonyl (C=O) groups is 1. The molecule has 0 saturated carbocycles. The molecule has 100 valence electrons. The highest BCUT2D eigenvalue weighted by Gasteiger charge is 2.19. The van der Waals surface area contributed by atoms with Crippen molar-refractivity contribution in [2.24, 2.45) is 5.41 Å². The van der Waals surface area contributed by atoms with E-state index >= 15 is 0 Å². The summed E-state index contributed by atoms with van der Waals surface area (Å²) in [6, 6.07) is 5.77. The van der Waals surface area contributed by atoms with Gasteiger partial charge < -0.3 is 10.2 Å². The number of hydrogen-bond acceptors (Lipinski definition) is 2. The van der Waals surface area contributed by atoms with Gasteiger partial charge in [0.25, 0.3) is 5.91 Å². The monoisotopic (exact) mass is 248 g/mol. The normalized spacial score (nSPS) is 11.2. The minimum atomic E-state index is 0.0793. The summed E-state index contributed by atoms with van der Waals surface area (Å²) in [5.41, 5.74) is 3.01. The van der Waals surface area contributed by atoms with Crippen LogP contribution in [0.5, 0.6) is 0 Å². The van der Waals surface area contributed by atoms with E-state index in [1.807, 2.05) is 39.2 Å². The lowest BCUT2D eigenvalue weighted by molar-refractivity contribution is 0.0745. The highest BCUT2D eigenvalue weighted by molar-refractivity contribution is 5.94. The Morgan fingerprint density at radius 1 is 1.33 bits per heavy atom. The summed E-state index contributed by atoms with van der Waals surface area (Å²) in [7, 11) is 3.74.